The predicted molar refractivity (Wildman–Crippen MR) is 65.2 cm³/mol. The van der Waals surface area contributed by atoms with Crippen LogP contribution >= 0.6 is 15.9 Å². The van der Waals surface area contributed by atoms with E-state index in [4.69, 9.17) is 0 Å². The van der Waals surface area contributed by atoms with Gasteiger partial charge < -0.3 is 10.0 Å². The van der Waals surface area contributed by atoms with Gasteiger partial charge in [0.05, 0.1) is 10.6 Å². The van der Waals surface area contributed by atoms with Gasteiger partial charge in [0.25, 0.3) is 5.91 Å². The van der Waals surface area contributed by atoms with Crippen LogP contribution in [0.1, 0.15) is 23.2 Å². The van der Waals surface area contributed by atoms with Crippen molar-refractivity contribution in [3.63, 3.8) is 0 Å². The van der Waals surface area contributed by atoms with Crippen LogP contribution in [0.25, 0.3) is 0 Å². The van der Waals surface area contributed by atoms with Crippen molar-refractivity contribution in [2.75, 3.05) is 13.1 Å². The van der Waals surface area contributed by atoms with E-state index < -0.39 is 29.2 Å². The van der Waals surface area contributed by atoms with Crippen LogP contribution in [0.5, 0.6) is 0 Å². The molecular formula is C12H12BrF2NO2. The highest BCUT2D eigenvalue weighted by Gasteiger charge is 2.28. The molecule has 0 unspecified atom stereocenters. The van der Waals surface area contributed by atoms with Crippen molar-refractivity contribution in [2.45, 2.75) is 18.9 Å². The van der Waals surface area contributed by atoms with Crippen molar-refractivity contribution >= 4 is 21.8 Å². The van der Waals surface area contributed by atoms with Gasteiger partial charge in [0.15, 0.2) is 5.82 Å². The molecule has 1 aliphatic rings. The zero-order valence-corrected chi connectivity index (χ0v) is 11.1. The SMILES string of the molecule is O=C(c1c(F)ccc(Br)c1F)N1CCC[C@@H](O)C1. The molecule has 0 saturated carbocycles. The standard InChI is InChI=1S/C12H12BrF2NO2/c13-8-3-4-9(14)10(11(8)15)12(18)16-5-1-2-7(17)6-16/h3-4,7,17H,1-2,5-6H2/t7-/m1/s1. The number of nitrogens with zero attached hydrogens (tertiary/aromatic N) is 1. The molecule has 1 amide bonds. The summed E-state index contributed by atoms with van der Waals surface area (Å²) >= 11 is 2.92. The Balaban J connectivity index is 2.31. The number of halogens is 3. The van der Waals surface area contributed by atoms with Gasteiger partial charge in [-0.3, -0.25) is 4.79 Å². The Hall–Kier alpha value is -1.01. The molecule has 1 aliphatic heterocycles. The van der Waals surface area contributed by atoms with E-state index in [1.54, 1.807) is 0 Å². The fourth-order valence-electron chi connectivity index (χ4n) is 2.02. The van der Waals surface area contributed by atoms with E-state index in [-0.39, 0.29) is 11.0 Å². The monoisotopic (exact) mass is 319 g/mol. The van der Waals surface area contributed by atoms with Crippen LogP contribution in [0.15, 0.2) is 16.6 Å². The molecule has 0 radical (unpaired) electrons. The Morgan fingerprint density at radius 1 is 1.44 bits per heavy atom. The minimum atomic E-state index is -0.903. The van der Waals surface area contributed by atoms with Crippen LogP contribution in [0.2, 0.25) is 0 Å². The normalized spacial score (nSPS) is 20.0. The van der Waals surface area contributed by atoms with Gasteiger partial charge in [-0.2, -0.15) is 0 Å². The molecular weight excluding hydrogens is 308 g/mol. The molecule has 0 spiro atoms. The number of benzene rings is 1. The number of rotatable bonds is 1. The highest BCUT2D eigenvalue weighted by molar-refractivity contribution is 9.10. The Morgan fingerprint density at radius 2 is 2.17 bits per heavy atom. The molecule has 1 saturated heterocycles. The number of aliphatic hydroxyl groups is 1. The zero-order chi connectivity index (χ0) is 13.3. The molecule has 3 nitrogen and oxygen atoms in total. The number of hydrogen-bond donors (Lipinski definition) is 1. The molecule has 1 heterocycles. The molecule has 18 heavy (non-hydrogen) atoms. The highest BCUT2D eigenvalue weighted by Crippen LogP contribution is 2.24. The minimum Gasteiger partial charge on any atom is -0.391 e. The molecule has 6 heteroatoms. The summed E-state index contributed by atoms with van der Waals surface area (Å²) in [4.78, 5) is 13.3. The van der Waals surface area contributed by atoms with Gasteiger partial charge in [-0.1, -0.05) is 0 Å². The lowest BCUT2D eigenvalue weighted by Gasteiger charge is -2.30. The molecule has 1 fully saturated rings. The predicted octanol–water partition coefficient (Wildman–Crippen LogP) is 2.32. The summed E-state index contributed by atoms with van der Waals surface area (Å²) in [5.74, 6) is -2.51. The van der Waals surface area contributed by atoms with Crippen molar-refractivity contribution in [2.24, 2.45) is 0 Å². The van der Waals surface area contributed by atoms with Gasteiger partial charge in [-0.05, 0) is 40.9 Å². The maximum Gasteiger partial charge on any atom is 0.259 e. The smallest absolute Gasteiger partial charge is 0.259 e. The van der Waals surface area contributed by atoms with E-state index in [0.29, 0.717) is 19.4 Å². The maximum absolute atomic E-state index is 13.8. The number of carbonyl (C=O) groups is 1. The fourth-order valence-corrected chi connectivity index (χ4v) is 2.35. The summed E-state index contributed by atoms with van der Waals surface area (Å²) in [7, 11) is 0. The minimum absolute atomic E-state index is 0.0461. The molecule has 1 aromatic carbocycles. The van der Waals surface area contributed by atoms with E-state index >= 15 is 0 Å². The van der Waals surface area contributed by atoms with Gasteiger partial charge in [0, 0.05) is 13.1 Å². The van der Waals surface area contributed by atoms with Crippen LogP contribution in [0.4, 0.5) is 8.78 Å². The van der Waals surface area contributed by atoms with Gasteiger partial charge in [0.2, 0.25) is 0 Å². The van der Waals surface area contributed by atoms with Crippen molar-refractivity contribution in [3.05, 3.63) is 33.8 Å². The van der Waals surface area contributed by atoms with Crippen LogP contribution in [0, 0.1) is 11.6 Å². The third kappa shape index (κ3) is 2.54. The second-order valence-electron chi connectivity index (χ2n) is 4.27. The quantitative estimate of drug-likeness (QED) is 0.807. The zero-order valence-electron chi connectivity index (χ0n) is 9.50. The molecule has 2 rings (SSSR count). The van der Waals surface area contributed by atoms with Crippen molar-refractivity contribution < 1.29 is 18.7 Å². The summed E-state index contributed by atoms with van der Waals surface area (Å²) in [6.07, 6.45) is 0.609. The van der Waals surface area contributed by atoms with Crippen LogP contribution in [0.3, 0.4) is 0 Å². The van der Waals surface area contributed by atoms with Crippen molar-refractivity contribution in [1.29, 1.82) is 0 Å². The molecule has 98 valence electrons. The number of likely N-dealkylation sites (tertiary alicyclic amines) is 1. The Bertz CT molecular complexity index is 481. The number of β-amino-alcohol motifs (C(OH)–C–C–N with tert-alkyl or cyclic N) is 1. The average molecular weight is 320 g/mol. The third-order valence-electron chi connectivity index (χ3n) is 2.94. The van der Waals surface area contributed by atoms with Crippen LogP contribution < -0.4 is 0 Å². The largest absolute Gasteiger partial charge is 0.391 e. The topological polar surface area (TPSA) is 40.5 Å². The fraction of sp³-hybridized carbons (Fsp3) is 0.417. The Morgan fingerprint density at radius 3 is 2.83 bits per heavy atom. The second-order valence-corrected chi connectivity index (χ2v) is 5.12. The van der Waals surface area contributed by atoms with Gasteiger partial charge in [-0.15, -0.1) is 0 Å². The highest BCUT2D eigenvalue weighted by atomic mass is 79.9. The summed E-state index contributed by atoms with van der Waals surface area (Å²) in [5.41, 5.74) is -0.571. The van der Waals surface area contributed by atoms with E-state index in [1.165, 1.54) is 11.0 Å². The molecule has 1 aromatic rings. The van der Waals surface area contributed by atoms with E-state index in [2.05, 4.69) is 15.9 Å². The number of amides is 1. The van der Waals surface area contributed by atoms with Crippen molar-refractivity contribution in [3.8, 4) is 0 Å². The third-order valence-corrected chi connectivity index (χ3v) is 3.55. The first-order valence-electron chi connectivity index (χ1n) is 5.61. The molecule has 1 N–H and O–H groups in total. The van der Waals surface area contributed by atoms with E-state index in [9.17, 15) is 18.7 Å². The first-order valence-corrected chi connectivity index (χ1v) is 6.41. The number of aliphatic hydroxyl groups excluding tert-OH is 1. The van der Waals surface area contributed by atoms with E-state index in [1.807, 2.05) is 0 Å². The maximum atomic E-state index is 13.8. The lowest BCUT2D eigenvalue weighted by Crippen LogP contribution is -2.42. The first-order chi connectivity index (χ1) is 8.50. The average Bonchev–Trinajstić information content (AvgIpc) is 2.34. The molecule has 0 bridgehead atoms. The lowest BCUT2D eigenvalue weighted by molar-refractivity contribution is 0.0465. The second kappa shape index (κ2) is 5.32. The summed E-state index contributed by atoms with van der Waals surface area (Å²) < 4.78 is 27.4. The van der Waals surface area contributed by atoms with Crippen LogP contribution in [-0.4, -0.2) is 35.1 Å². The summed E-state index contributed by atoms with van der Waals surface area (Å²) in [6.45, 7) is 0.519. The van der Waals surface area contributed by atoms with Gasteiger partial charge in [-0.25, -0.2) is 8.78 Å². The summed E-state index contributed by atoms with van der Waals surface area (Å²) in [6, 6.07) is 2.26. The van der Waals surface area contributed by atoms with Crippen LogP contribution in [-0.2, 0) is 0 Å². The molecule has 0 aromatic heterocycles. The Labute approximate surface area is 112 Å². The first kappa shape index (κ1) is 13.4. The number of carbonyl (C=O) groups excluding carboxylic acids is 1. The van der Waals surface area contributed by atoms with Gasteiger partial charge >= 0.3 is 0 Å². The van der Waals surface area contributed by atoms with Gasteiger partial charge in [0.1, 0.15) is 11.4 Å². The number of piperidine rings is 1. The molecule has 0 aliphatic carbocycles. The molecule has 1 atom stereocenters. The number of hydrogen-bond acceptors (Lipinski definition) is 2. The van der Waals surface area contributed by atoms with E-state index in [0.717, 1.165) is 6.07 Å². The lowest BCUT2D eigenvalue weighted by atomic mass is 10.1. The van der Waals surface area contributed by atoms with Crippen molar-refractivity contribution in [1.82, 2.24) is 4.90 Å². The summed E-state index contributed by atoms with van der Waals surface area (Å²) in [5, 5.41) is 9.48. The Kier molecular flexibility index (Phi) is 3.97.